The van der Waals surface area contributed by atoms with Gasteiger partial charge in [-0.05, 0) is 74.7 Å². The van der Waals surface area contributed by atoms with E-state index in [0.717, 1.165) is 17.2 Å². The summed E-state index contributed by atoms with van der Waals surface area (Å²) in [6.45, 7) is 9.54. The molecule has 2 heterocycles. The van der Waals surface area contributed by atoms with Gasteiger partial charge in [0.15, 0.2) is 0 Å². The highest BCUT2D eigenvalue weighted by Gasteiger charge is 2.35. The highest BCUT2D eigenvalue weighted by atomic mass is 19.4. The Morgan fingerprint density at radius 2 is 1.81 bits per heavy atom. The molecule has 0 saturated heterocycles. The third-order valence-corrected chi connectivity index (χ3v) is 6.10. The third kappa shape index (κ3) is 7.47. The first-order valence-corrected chi connectivity index (χ1v) is 12.9. The van der Waals surface area contributed by atoms with Crippen LogP contribution in [0.4, 0.5) is 46.8 Å². The van der Waals surface area contributed by atoms with E-state index in [9.17, 15) is 22.8 Å². The van der Waals surface area contributed by atoms with Gasteiger partial charge in [0.25, 0.3) is 0 Å². The van der Waals surface area contributed by atoms with E-state index in [2.05, 4.69) is 32.5 Å². The zero-order valence-corrected chi connectivity index (χ0v) is 23.6. The molecular weight excluding hydrogens is 553 g/mol. The fourth-order valence-electron chi connectivity index (χ4n) is 4.21. The van der Waals surface area contributed by atoms with E-state index in [0.29, 0.717) is 42.8 Å². The molecule has 4 rings (SSSR count). The van der Waals surface area contributed by atoms with Gasteiger partial charge in [0.1, 0.15) is 22.7 Å². The van der Waals surface area contributed by atoms with Crippen LogP contribution in [0.3, 0.4) is 0 Å². The topological polar surface area (TPSA) is 118 Å². The second-order valence-electron chi connectivity index (χ2n) is 10.5. The van der Waals surface area contributed by atoms with Crippen molar-refractivity contribution in [2.24, 2.45) is 0 Å². The number of carbonyl (C=O) groups is 2. The molecule has 42 heavy (non-hydrogen) atoms. The van der Waals surface area contributed by atoms with Crippen molar-refractivity contribution in [1.82, 2.24) is 14.9 Å². The maximum Gasteiger partial charge on any atom is 0.421 e. The number of nitrogens with zero attached hydrogens (tertiary/aromatic N) is 3. The summed E-state index contributed by atoms with van der Waals surface area (Å²) >= 11 is 0. The Morgan fingerprint density at radius 1 is 1.07 bits per heavy atom. The Balaban J connectivity index is 1.60. The largest absolute Gasteiger partial charge is 0.495 e. The Bertz CT molecular complexity index is 1500. The van der Waals surface area contributed by atoms with Crippen LogP contribution >= 0.6 is 0 Å². The molecule has 1 aliphatic rings. The molecule has 0 spiro atoms. The molecule has 3 N–H and O–H groups in total. The molecule has 0 bridgehead atoms. The number of nitrogens with one attached hydrogen (secondary N) is 3. The number of methoxy groups -OCH3 is 1. The number of rotatable bonds is 7. The molecule has 222 valence electrons. The van der Waals surface area contributed by atoms with E-state index in [1.54, 1.807) is 49.9 Å². The Morgan fingerprint density at radius 3 is 2.48 bits per heavy atom. The Kier molecular flexibility index (Phi) is 8.59. The van der Waals surface area contributed by atoms with E-state index in [1.165, 1.54) is 19.2 Å². The van der Waals surface area contributed by atoms with Crippen LogP contribution in [0.15, 0.2) is 55.3 Å². The molecular formula is C29H31F3N6O4. The summed E-state index contributed by atoms with van der Waals surface area (Å²) < 4.78 is 52.5. The second kappa shape index (κ2) is 12.0. The molecule has 0 saturated carbocycles. The Labute approximate surface area is 240 Å². The van der Waals surface area contributed by atoms with Crippen molar-refractivity contribution in [2.75, 3.05) is 29.6 Å². The minimum atomic E-state index is -4.74. The third-order valence-electron chi connectivity index (χ3n) is 6.10. The normalized spacial score (nSPS) is 13.1. The zero-order valence-electron chi connectivity index (χ0n) is 23.6. The number of amides is 2. The van der Waals surface area contributed by atoms with Gasteiger partial charge in [-0.3, -0.25) is 4.79 Å². The average molecular weight is 585 g/mol. The second-order valence-corrected chi connectivity index (χ2v) is 10.5. The van der Waals surface area contributed by atoms with Crippen LogP contribution < -0.4 is 20.7 Å². The number of carbonyl (C=O) groups excluding carboxylic acids is 2. The fraction of sp³-hybridized carbons (Fsp3) is 0.310. The van der Waals surface area contributed by atoms with Crippen LogP contribution in [0, 0.1) is 0 Å². The predicted molar refractivity (Wildman–Crippen MR) is 152 cm³/mol. The molecule has 2 amide bonds. The number of aromatic nitrogens is 2. The van der Waals surface area contributed by atoms with Crippen molar-refractivity contribution in [1.29, 1.82) is 0 Å². The summed E-state index contributed by atoms with van der Waals surface area (Å²) in [7, 11) is 1.46. The van der Waals surface area contributed by atoms with Crippen molar-refractivity contribution < 1.29 is 32.2 Å². The van der Waals surface area contributed by atoms with Gasteiger partial charge in [0, 0.05) is 30.7 Å². The minimum Gasteiger partial charge on any atom is -0.495 e. The molecule has 1 aromatic heterocycles. The first kappa shape index (κ1) is 30.2. The molecule has 0 fully saturated rings. The van der Waals surface area contributed by atoms with Crippen LogP contribution in [-0.4, -0.2) is 46.1 Å². The van der Waals surface area contributed by atoms with Crippen molar-refractivity contribution in [3.05, 3.63) is 71.9 Å². The van der Waals surface area contributed by atoms with Gasteiger partial charge in [0.05, 0.1) is 12.8 Å². The van der Waals surface area contributed by atoms with Crippen molar-refractivity contribution in [3.8, 4) is 5.75 Å². The summed E-state index contributed by atoms with van der Waals surface area (Å²) in [5.74, 6) is -0.667. The van der Waals surface area contributed by atoms with Crippen LogP contribution in [0.1, 0.15) is 37.5 Å². The van der Waals surface area contributed by atoms with Gasteiger partial charge in [0.2, 0.25) is 11.9 Å². The Hall–Kier alpha value is -4.81. The summed E-state index contributed by atoms with van der Waals surface area (Å²) in [5.41, 5.74) is 1.15. The number of hydrogen-bond acceptors (Lipinski definition) is 8. The summed E-state index contributed by atoms with van der Waals surface area (Å²) in [5, 5.41) is 8.19. The zero-order chi connectivity index (χ0) is 30.7. The van der Waals surface area contributed by atoms with E-state index < -0.39 is 35.2 Å². The van der Waals surface area contributed by atoms with Crippen molar-refractivity contribution in [3.63, 3.8) is 0 Å². The molecule has 0 aliphatic carbocycles. The fourth-order valence-corrected chi connectivity index (χ4v) is 4.21. The van der Waals surface area contributed by atoms with Crippen molar-refractivity contribution in [2.45, 2.75) is 45.5 Å². The van der Waals surface area contributed by atoms with Gasteiger partial charge < -0.3 is 30.3 Å². The lowest BCUT2D eigenvalue weighted by molar-refractivity contribution is -0.137. The van der Waals surface area contributed by atoms with E-state index in [1.807, 2.05) is 0 Å². The molecule has 0 radical (unpaired) electrons. The summed E-state index contributed by atoms with van der Waals surface area (Å²) in [6.07, 6.45) is -2.85. The molecule has 10 nitrogen and oxygen atoms in total. The number of halogens is 3. The smallest absolute Gasteiger partial charge is 0.421 e. The predicted octanol–water partition coefficient (Wildman–Crippen LogP) is 6.41. The van der Waals surface area contributed by atoms with Crippen LogP contribution in [-0.2, 0) is 28.7 Å². The van der Waals surface area contributed by atoms with Crippen LogP contribution in [0.2, 0.25) is 0 Å². The lowest BCUT2D eigenvalue weighted by atomic mass is 9.98. The van der Waals surface area contributed by atoms with Crippen LogP contribution in [0.5, 0.6) is 5.75 Å². The highest BCUT2D eigenvalue weighted by molar-refractivity contribution is 5.99. The first-order valence-electron chi connectivity index (χ1n) is 12.9. The number of fused-ring (bicyclic) bond motifs is 1. The number of benzene rings is 2. The molecule has 13 heteroatoms. The molecule has 0 unspecified atom stereocenters. The monoisotopic (exact) mass is 584 g/mol. The number of ether oxygens (including phenoxy) is 2. The first-order chi connectivity index (χ1) is 19.8. The standard InChI is InChI=1S/C29H31F3N6O4/c1-6-24(39)34-19-8-7-9-20(14-19)35-25-21(29(30,31)32)15-33-26(37-25)36-22-12-17-10-11-38(27(40)42-28(2,3)4)16-18(17)13-23(22)41-5/h6-9,12-15H,1,10-11,16H2,2-5H3,(H,34,39)(H2,33,35,36,37). The van der Waals surface area contributed by atoms with Gasteiger partial charge in [-0.15, -0.1) is 0 Å². The highest BCUT2D eigenvalue weighted by Crippen LogP contribution is 2.37. The molecule has 2 aromatic carbocycles. The van der Waals surface area contributed by atoms with Crippen LogP contribution in [0.25, 0.3) is 0 Å². The number of alkyl halides is 3. The van der Waals surface area contributed by atoms with Gasteiger partial charge in [-0.1, -0.05) is 12.6 Å². The van der Waals surface area contributed by atoms with Gasteiger partial charge in [-0.2, -0.15) is 18.2 Å². The van der Waals surface area contributed by atoms with Crippen molar-refractivity contribution >= 4 is 40.8 Å². The average Bonchev–Trinajstić information content (AvgIpc) is 2.91. The molecule has 0 atom stereocenters. The lowest BCUT2D eigenvalue weighted by Gasteiger charge is -2.31. The molecule has 1 aliphatic heterocycles. The maximum atomic E-state index is 13.8. The lowest BCUT2D eigenvalue weighted by Crippen LogP contribution is -2.39. The van der Waals surface area contributed by atoms with E-state index in [-0.39, 0.29) is 11.6 Å². The van der Waals surface area contributed by atoms with E-state index in [4.69, 9.17) is 9.47 Å². The van der Waals surface area contributed by atoms with Gasteiger partial charge in [-0.25, -0.2) is 9.78 Å². The quantitative estimate of drug-likeness (QED) is 0.273. The minimum absolute atomic E-state index is 0.106. The summed E-state index contributed by atoms with van der Waals surface area (Å²) in [6, 6.07) is 9.71. The number of anilines is 5. The van der Waals surface area contributed by atoms with E-state index >= 15 is 0 Å². The number of hydrogen-bond donors (Lipinski definition) is 3. The van der Waals surface area contributed by atoms with Gasteiger partial charge >= 0.3 is 12.3 Å². The summed E-state index contributed by atoms with van der Waals surface area (Å²) in [4.78, 5) is 33.8. The SMILES string of the molecule is C=CC(=O)Nc1cccc(Nc2nc(Nc3cc4c(cc3OC)CN(C(=O)OC(C)(C)C)CC4)ncc2C(F)(F)F)c1. The maximum absolute atomic E-state index is 13.8. The molecule has 3 aromatic rings.